The molecule has 1 fully saturated rings. The van der Waals surface area contributed by atoms with E-state index in [1.165, 1.54) is 31.2 Å². The zero-order valence-corrected chi connectivity index (χ0v) is 12.3. The lowest BCUT2D eigenvalue weighted by Gasteiger charge is -2.32. The number of hydrogen-bond acceptors (Lipinski definition) is 2. The van der Waals surface area contributed by atoms with Crippen LogP contribution in [0.4, 0.5) is 0 Å². The zero-order chi connectivity index (χ0) is 11.8. The van der Waals surface area contributed by atoms with Crippen LogP contribution in [0, 0.1) is 12.3 Å². The summed E-state index contributed by atoms with van der Waals surface area (Å²) in [6, 6.07) is 2.13. The normalized spacial score (nSPS) is 21.2. The number of rotatable bonds is 3. The SMILES string of the molecule is CCC1(C(O)c2cc(C)c(Br)s2)CCCC1. The van der Waals surface area contributed by atoms with Crippen molar-refractivity contribution in [3.63, 3.8) is 0 Å². The molecule has 90 valence electrons. The van der Waals surface area contributed by atoms with Gasteiger partial charge in [-0.15, -0.1) is 11.3 Å². The van der Waals surface area contributed by atoms with Gasteiger partial charge in [0.15, 0.2) is 0 Å². The minimum absolute atomic E-state index is 0.150. The van der Waals surface area contributed by atoms with Gasteiger partial charge in [0, 0.05) is 10.3 Å². The molecule has 2 rings (SSSR count). The van der Waals surface area contributed by atoms with Crippen LogP contribution >= 0.6 is 27.3 Å². The summed E-state index contributed by atoms with van der Waals surface area (Å²) in [7, 11) is 0. The monoisotopic (exact) mass is 302 g/mol. The van der Waals surface area contributed by atoms with E-state index >= 15 is 0 Å². The lowest BCUT2D eigenvalue weighted by atomic mass is 9.77. The van der Waals surface area contributed by atoms with Crippen LogP contribution in [0.2, 0.25) is 0 Å². The van der Waals surface area contributed by atoms with Crippen LogP contribution in [0.5, 0.6) is 0 Å². The smallest absolute Gasteiger partial charge is 0.0938 e. The third-order valence-corrected chi connectivity index (χ3v) is 6.22. The van der Waals surface area contributed by atoms with Crippen molar-refractivity contribution in [3.05, 3.63) is 20.3 Å². The predicted octanol–water partition coefficient (Wildman–Crippen LogP) is 4.82. The highest BCUT2D eigenvalue weighted by atomic mass is 79.9. The first-order valence-electron chi connectivity index (χ1n) is 6.03. The van der Waals surface area contributed by atoms with Crippen molar-refractivity contribution >= 4 is 27.3 Å². The van der Waals surface area contributed by atoms with E-state index in [1.807, 2.05) is 0 Å². The molecule has 3 heteroatoms. The zero-order valence-electron chi connectivity index (χ0n) is 9.92. The third kappa shape index (κ3) is 2.09. The van der Waals surface area contributed by atoms with Crippen LogP contribution in [-0.2, 0) is 0 Å². The summed E-state index contributed by atoms with van der Waals surface area (Å²) in [6.45, 7) is 4.30. The molecule has 0 spiro atoms. The molecule has 0 bridgehead atoms. The maximum atomic E-state index is 10.6. The number of halogens is 1. The Bertz CT molecular complexity index is 347. The average molecular weight is 303 g/mol. The molecule has 1 heterocycles. The molecule has 1 nitrogen and oxygen atoms in total. The van der Waals surface area contributed by atoms with Gasteiger partial charge in [-0.05, 0) is 53.7 Å². The Morgan fingerprint density at radius 1 is 1.50 bits per heavy atom. The molecule has 16 heavy (non-hydrogen) atoms. The molecule has 1 aliphatic carbocycles. The lowest BCUT2D eigenvalue weighted by Crippen LogP contribution is -2.24. The van der Waals surface area contributed by atoms with Crippen molar-refractivity contribution in [2.24, 2.45) is 5.41 Å². The third-order valence-electron chi connectivity index (χ3n) is 4.03. The summed E-state index contributed by atoms with van der Waals surface area (Å²) in [4.78, 5) is 1.13. The van der Waals surface area contributed by atoms with E-state index in [-0.39, 0.29) is 11.5 Å². The van der Waals surface area contributed by atoms with Crippen molar-refractivity contribution in [2.75, 3.05) is 0 Å². The minimum atomic E-state index is -0.269. The van der Waals surface area contributed by atoms with E-state index < -0.39 is 0 Å². The Labute approximate surface area is 110 Å². The molecule has 1 aliphatic rings. The van der Waals surface area contributed by atoms with Crippen molar-refractivity contribution in [1.82, 2.24) is 0 Å². The minimum Gasteiger partial charge on any atom is -0.387 e. The molecule has 1 aromatic heterocycles. The lowest BCUT2D eigenvalue weighted by molar-refractivity contribution is 0.0265. The van der Waals surface area contributed by atoms with Gasteiger partial charge in [0.25, 0.3) is 0 Å². The Morgan fingerprint density at radius 2 is 2.12 bits per heavy atom. The molecule has 1 aromatic rings. The predicted molar refractivity (Wildman–Crippen MR) is 72.9 cm³/mol. The summed E-state index contributed by atoms with van der Waals surface area (Å²) in [6.07, 6.45) is 5.73. The van der Waals surface area contributed by atoms with Gasteiger partial charge in [-0.3, -0.25) is 0 Å². The molecule has 1 unspecified atom stereocenters. The molecule has 0 aromatic carbocycles. The van der Waals surface area contributed by atoms with Crippen LogP contribution in [0.15, 0.2) is 9.85 Å². The van der Waals surface area contributed by atoms with E-state index in [2.05, 4.69) is 35.8 Å². The van der Waals surface area contributed by atoms with Crippen LogP contribution < -0.4 is 0 Å². The highest BCUT2D eigenvalue weighted by molar-refractivity contribution is 9.11. The van der Waals surface area contributed by atoms with Crippen molar-refractivity contribution < 1.29 is 5.11 Å². The summed E-state index contributed by atoms with van der Waals surface area (Å²) in [5, 5.41) is 10.6. The van der Waals surface area contributed by atoms with Gasteiger partial charge in [0.2, 0.25) is 0 Å². The molecule has 0 aliphatic heterocycles. The van der Waals surface area contributed by atoms with Crippen LogP contribution in [0.1, 0.15) is 55.6 Å². The Kier molecular flexibility index (Phi) is 3.77. The van der Waals surface area contributed by atoms with Crippen molar-refractivity contribution in [2.45, 2.75) is 52.1 Å². The Balaban J connectivity index is 2.26. The van der Waals surface area contributed by atoms with Gasteiger partial charge in [0.05, 0.1) is 9.89 Å². The van der Waals surface area contributed by atoms with E-state index in [9.17, 15) is 5.11 Å². The van der Waals surface area contributed by atoms with Crippen LogP contribution in [-0.4, -0.2) is 5.11 Å². The topological polar surface area (TPSA) is 20.2 Å². The second-order valence-electron chi connectivity index (χ2n) is 4.93. The number of aryl methyl sites for hydroxylation is 1. The summed E-state index contributed by atoms with van der Waals surface area (Å²) >= 11 is 5.23. The Hall–Kier alpha value is 0.140. The van der Waals surface area contributed by atoms with Gasteiger partial charge in [-0.2, -0.15) is 0 Å². The quantitative estimate of drug-likeness (QED) is 0.848. The molecule has 0 radical (unpaired) electrons. The van der Waals surface area contributed by atoms with E-state index in [4.69, 9.17) is 0 Å². The van der Waals surface area contributed by atoms with Gasteiger partial charge in [0.1, 0.15) is 0 Å². The second kappa shape index (κ2) is 4.79. The highest BCUT2D eigenvalue weighted by Gasteiger charge is 2.40. The standard InChI is InChI=1S/C13H19BrOS/c1-3-13(6-4-5-7-13)11(15)10-8-9(2)12(14)16-10/h8,11,15H,3-7H2,1-2H3. The van der Waals surface area contributed by atoms with E-state index in [0.29, 0.717) is 0 Å². The number of aliphatic hydroxyl groups excluding tert-OH is 1. The molecule has 0 saturated heterocycles. The van der Waals surface area contributed by atoms with Crippen molar-refractivity contribution in [3.8, 4) is 0 Å². The van der Waals surface area contributed by atoms with E-state index in [1.54, 1.807) is 11.3 Å². The fourth-order valence-corrected chi connectivity index (χ4v) is 4.52. The van der Waals surface area contributed by atoms with Crippen LogP contribution in [0.25, 0.3) is 0 Å². The first-order valence-corrected chi connectivity index (χ1v) is 7.64. The summed E-state index contributed by atoms with van der Waals surface area (Å²) in [5.41, 5.74) is 1.39. The fourth-order valence-electron chi connectivity index (χ4n) is 2.82. The Morgan fingerprint density at radius 3 is 2.56 bits per heavy atom. The van der Waals surface area contributed by atoms with Crippen LogP contribution in [0.3, 0.4) is 0 Å². The molecule has 1 saturated carbocycles. The summed E-state index contributed by atoms with van der Waals surface area (Å²) < 4.78 is 1.16. The number of thiophene rings is 1. The first-order chi connectivity index (χ1) is 7.59. The van der Waals surface area contributed by atoms with Gasteiger partial charge in [-0.1, -0.05) is 19.8 Å². The molecular weight excluding hydrogens is 284 g/mol. The van der Waals surface area contributed by atoms with Gasteiger partial charge in [-0.25, -0.2) is 0 Å². The summed E-state index contributed by atoms with van der Waals surface area (Å²) in [5.74, 6) is 0. The second-order valence-corrected chi connectivity index (χ2v) is 7.33. The van der Waals surface area contributed by atoms with Gasteiger partial charge >= 0.3 is 0 Å². The number of hydrogen-bond donors (Lipinski definition) is 1. The highest BCUT2D eigenvalue weighted by Crippen LogP contribution is 2.51. The van der Waals surface area contributed by atoms with Crippen molar-refractivity contribution in [1.29, 1.82) is 0 Å². The maximum absolute atomic E-state index is 10.6. The fraction of sp³-hybridized carbons (Fsp3) is 0.692. The maximum Gasteiger partial charge on any atom is 0.0938 e. The van der Waals surface area contributed by atoms with E-state index in [0.717, 1.165) is 15.1 Å². The molecule has 0 amide bonds. The van der Waals surface area contributed by atoms with Gasteiger partial charge < -0.3 is 5.11 Å². The molecule has 1 N–H and O–H groups in total. The molecular formula is C13H19BrOS. The largest absolute Gasteiger partial charge is 0.387 e. The first kappa shape index (κ1) is 12.6. The average Bonchev–Trinajstić information content (AvgIpc) is 2.87. The number of aliphatic hydroxyl groups is 1. The molecule has 1 atom stereocenters.